The van der Waals surface area contributed by atoms with Crippen molar-refractivity contribution < 1.29 is 0 Å². The van der Waals surface area contributed by atoms with E-state index in [9.17, 15) is 0 Å². The SMILES string of the molecule is C1=C(c2c[nH]c3ccccc23)C2CCN1CC2. The van der Waals surface area contributed by atoms with Crippen LogP contribution >= 0.6 is 0 Å². The first-order valence-electron chi connectivity index (χ1n) is 6.44. The molecule has 2 bridgehead atoms. The molecule has 5 rings (SSSR count). The van der Waals surface area contributed by atoms with Crippen LogP contribution in [0.25, 0.3) is 16.5 Å². The predicted octanol–water partition coefficient (Wildman–Crippen LogP) is 3.23. The van der Waals surface area contributed by atoms with Gasteiger partial charge in [0.25, 0.3) is 0 Å². The number of nitrogens with zero attached hydrogens (tertiary/aromatic N) is 1. The molecule has 0 radical (unpaired) electrons. The molecular formula is C15H16N2. The highest BCUT2D eigenvalue weighted by Crippen LogP contribution is 2.39. The molecule has 1 fully saturated rings. The van der Waals surface area contributed by atoms with Crippen molar-refractivity contribution in [1.82, 2.24) is 9.88 Å². The average Bonchev–Trinajstić information content (AvgIpc) is 2.84. The first-order chi connectivity index (χ1) is 8.42. The number of hydrogen-bond donors (Lipinski definition) is 1. The standard InChI is InChI=1S/C15H16N2/c1-2-4-15-12(3-1)13(9-16-15)14-10-17-7-5-11(14)6-8-17/h1-4,9-11,16H,5-8H2. The number of hydrogen-bond acceptors (Lipinski definition) is 1. The van der Waals surface area contributed by atoms with Crippen LogP contribution in [-0.2, 0) is 0 Å². The Bertz CT molecular complexity index is 586. The molecule has 2 aromatic rings. The topological polar surface area (TPSA) is 19.0 Å². The summed E-state index contributed by atoms with van der Waals surface area (Å²) in [5, 5.41) is 1.37. The molecule has 3 aliphatic heterocycles. The highest BCUT2D eigenvalue weighted by Gasteiger charge is 2.28. The molecule has 0 unspecified atom stereocenters. The van der Waals surface area contributed by atoms with E-state index >= 15 is 0 Å². The summed E-state index contributed by atoms with van der Waals surface area (Å²) in [6, 6.07) is 8.59. The van der Waals surface area contributed by atoms with E-state index in [0.29, 0.717) is 0 Å². The van der Waals surface area contributed by atoms with Gasteiger partial charge in [0.1, 0.15) is 0 Å². The minimum atomic E-state index is 0.777. The van der Waals surface area contributed by atoms with E-state index in [1.165, 1.54) is 42.4 Å². The minimum absolute atomic E-state index is 0.777. The van der Waals surface area contributed by atoms with Crippen molar-refractivity contribution in [1.29, 1.82) is 0 Å². The van der Waals surface area contributed by atoms with Gasteiger partial charge in [0, 0.05) is 42.0 Å². The summed E-state index contributed by atoms with van der Waals surface area (Å²) < 4.78 is 0. The lowest BCUT2D eigenvalue weighted by molar-refractivity contribution is 0.252. The largest absolute Gasteiger partial charge is 0.377 e. The fraction of sp³-hybridized carbons (Fsp3) is 0.333. The van der Waals surface area contributed by atoms with Crippen LogP contribution in [-0.4, -0.2) is 23.0 Å². The second-order valence-corrected chi connectivity index (χ2v) is 5.14. The van der Waals surface area contributed by atoms with E-state index < -0.39 is 0 Å². The molecule has 1 aromatic carbocycles. The summed E-state index contributed by atoms with van der Waals surface area (Å²) in [4.78, 5) is 5.85. The highest BCUT2D eigenvalue weighted by molar-refractivity contribution is 5.93. The first-order valence-corrected chi connectivity index (χ1v) is 6.44. The third kappa shape index (κ3) is 1.33. The Morgan fingerprint density at radius 2 is 1.94 bits per heavy atom. The molecule has 4 heterocycles. The van der Waals surface area contributed by atoms with Crippen LogP contribution in [0.3, 0.4) is 0 Å². The van der Waals surface area contributed by atoms with E-state index in [0.717, 1.165) is 5.92 Å². The average molecular weight is 224 g/mol. The number of piperidine rings is 1. The molecular weight excluding hydrogens is 208 g/mol. The van der Waals surface area contributed by atoms with E-state index in [4.69, 9.17) is 0 Å². The molecule has 2 nitrogen and oxygen atoms in total. The molecule has 2 heteroatoms. The smallest absolute Gasteiger partial charge is 0.0460 e. The van der Waals surface area contributed by atoms with Crippen molar-refractivity contribution in [2.75, 3.05) is 13.1 Å². The van der Waals surface area contributed by atoms with Gasteiger partial charge in [-0.3, -0.25) is 0 Å². The monoisotopic (exact) mass is 224 g/mol. The number of fused-ring (bicyclic) bond motifs is 3. The molecule has 1 N–H and O–H groups in total. The van der Waals surface area contributed by atoms with Crippen LogP contribution in [0.2, 0.25) is 0 Å². The number of nitrogens with one attached hydrogen (secondary N) is 1. The van der Waals surface area contributed by atoms with Gasteiger partial charge in [-0.2, -0.15) is 0 Å². The van der Waals surface area contributed by atoms with Gasteiger partial charge in [0.05, 0.1) is 0 Å². The summed E-state index contributed by atoms with van der Waals surface area (Å²) in [5.74, 6) is 0.777. The van der Waals surface area contributed by atoms with Crippen LogP contribution in [0, 0.1) is 5.92 Å². The zero-order chi connectivity index (χ0) is 11.2. The number of benzene rings is 1. The molecule has 3 aliphatic rings. The van der Waals surface area contributed by atoms with Crippen molar-refractivity contribution in [3.8, 4) is 0 Å². The quantitative estimate of drug-likeness (QED) is 0.788. The lowest BCUT2D eigenvalue weighted by Gasteiger charge is -2.39. The number of aromatic amines is 1. The summed E-state index contributed by atoms with van der Waals surface area (Å²) in [7, 11) is 0. The van der Waals surface area contributed by atoms with E-state index in [1.54, 1.807) is 5.57 Å². The van der Waals surface area contributed by atoms with E-state index in [2.05, 4.69) is 46.5 Å². The summed E-state index contributed by atoms with van der Waals surface area (Å²) >= 11 is 0. The van der Waals surface area contributed by atoms with Crippen LogP contribution in [0.5, 0.6) is 0 Å². The van der Waals surface area contributed by atoms with Gasteiger partial charge >= 0.3 is 0 Å². The summed E-state index contributed by atoms with van der Waals surface area (Å²) in [6.45, 7) is 2.49. The molecule has 17 heavy (non-hydrogen) atoms. The maximum atomic E-state index is 3.39. The molecule has 1 aromatic heterocycles. The normalized spacial score (nSPS) is 20.0. The second-order valence-electron chi connectivity index (χ2n) is 5.14. The zero-order valence-corrected chi connectivity index (χ0v) is 9.82. The van der Waals surface area contributed by atoms with Gasteiger partial charge in [-0.1, -0.05) is 18.2 Å². The van der Waals surface area contributed by atoms with Gasteiger partial charge < -0.3 is 9.88 Å². The lowest BCUT2D eigenvalue weighted by atomic mass is 9.82. The van der Waals surface area contributed by atoms with Gasteiger partial charge in [0.2, 0.25) is 0 Å². The number of para-hydroxylation sites is 1. The molecule has 0 saturated carbocycles. The number of rotatable bonds is 1. The number of allylic oxidation sites excluding steroid dienone is 1. The third-order valence-electron chi connectivity index (χ3n) is 4.19. The third-order valence-corrected chi connectivity index (χ3v) is 4.19. The van der Waals surface area contributed by atoms with Crippen LogP contribution in [0.1, 0.15) is 18.4 Å². The Kier molecular flexibility index (Phi) is 1.87. The lowest BCUT2D eigenvalue weighted by Crippen LogP contribution is -2.35. The Labute approximate surface area is 101 Å². The Morgan fingerprint density at radius 1 is 1.12 bits per heavy atom. The molecule has 86 valence electrons. The van der Waals surface area contributed by atoms with Crippen molar-refractivity contribution in [3.05, 3.63) is 42.2 Å². The van der Waals surface area contributed by atoms with Crippen LogP contribution in [0.15, 0.2) is 36.7 Å². The van der Waals surface area contributed by atoms with Crippen molar-refractivity contribution in [2.24, 2.45) is 5.92 Å². The van der Waals surface area contributed by atoms with Gasteiger partial charge in [-0.25, -0.2) is 0 Å². The maximum absolute atomic E-state index is 3.39. The minimum Gasteiger partial charge on any atom is -0.377 e. The summed E-state index contributed by atoms with van der Waals surface area (Å²) in [5.41, 5.74) is 4.20. The molecule has 0 amide bonds. The highest BCUT2D eigenvalue weighted by atomic mass is 15.1. The molecule has 0 atom stereocenters. The molecule has 1 saturated heterocycles. The van der Waals surface area contributed by atoms with Gasteiger partial charge in [0.15, 0.2) is 0 Å². The predicted molar refractivity (Wildman–Crippen MR) is 70.6 cm³/mol. The van der Waals surface area contributed by atoms with Crippen molar-refractivity contribution in [2.45, 2.75) is 12.8 Å². The zero-order valence-electron chi connectivity index (χ0n) is 9.82. The maximum Gasteiger partial charge on any atom is 0.0460 e. The van der Waals surface area contributed by atoms with E-state index in [1.807, 2.05) is 0 Å². The Morgan fingerprint density at radius 3 is 2.71 bits per heavy atom. The second kappa shape index (κ2) is 3.39. The van der Waals surface area contributed by atoms with Crippen molar-refractivity contribution >= 4 is 16.5 Å². The van der Waals surface area contributed by atoms with Crippen LogP contribution in [0.4, 0.5) is 0 Å². The fourth-order valence-corrected chi connectivity index (χ4v) is 3.24. The first kappa shape index (κ1) is 9.34. The number of H-pyrrole nitrogens is 1. The fourth-order valence-electron chi connectivity index (χ4n) is 3.24. The molecule has 0 aliphatic carbocycles. The summed E-state index contributed by atoms with van der Waals surface area (Å²) in [6.07, 6.45) is 7.21. The Hall–Kier alpha value is -1.70. The molecule has 0 spiro atoms. The van der Waals surface area contributed by atoms with Gasteiger partial charge in [-0.15, -0.1) is 0 Å². The van der Waals surface area contributed by atoms with Crippen LogP contribution < -0.4 is 0 Å². The number of aromatic nitrogens is 1. The van der Waals surface area contributed by atoms with Crippen molar-refractivity contribution in [3.63, 3.8) is 0 Å². The Balaban J connectivity index is 1.89. The van der Waals surface area contributed by atoms with E-state index in [-0.39, 0.29) is 0 Å². The van der Waals surface area contributed by atoms with Gasteiger partial charge in [-0.05, 0) is 30.4 Å².